The maximum Gasteiger partial charge on any atom is 0.349 e. The Balaban J connectivity index is 2.02. The van der Waals surface area contributed by atoms with E-state index in [1.54, 1.807) is 6.92 Å². The van der Waals surface area contributed by atoms with E-state index in [1.807, 2.05) is 52.0 Å². The van der Waals surface area contributed by atoms with E-state index in [1.165, 1.54) is 11.3 Å². The smallest absolute Gasteiger partial charge is 0.349 e. The zero-order valence-electron chi connectivity index (χ0n) is 14.7. The number of rotatable bonds is 5. The Morgan fingerprint density at radius 1 is 1.21 bits per heavy atom. The van der Waals surface area contributed by atoms with Crippen LogP contribution in [-0.4, -0.2) is 18.0 Å². The Labute approximate surface area is 146 Å². The Morgan fingerprint density at radius 3 is 2.54 bits per heavy atom. The summed E-state index contributed by atoms with van der Waals surface area (Å²) < 4.78 is 5.31. The van der Waals surface area contributed by atoms with Crippen LogP contribution in [0.1, 0.15) is 45.1 Å². The second-order valence-corrected chi connectivity index (χ2v) is 7.16. The summed E-state index contributed by atoms with van der Waals surface area (Å²) in [5.41, 5.74) is 3.90. The van der Waals surface area contributed by atoms with Crippen LogP contribution in [0.4, 0.5) is 5.69 Å². The number of ether oxygens (including phenoxy) is 1. The first-order valence-corrected chi connectivity index (χ1v) is 8.81. The van der Waals surface area contributed by atoms with E-state index in [-0.39, 0.29) is 5.91 Å². The highest BCUT2D eigenvalue weighted by molar-refractivity contribution is 7.14. The van der Waals surface area contributed by atoms with Crippen molar-refractivity contribution in [2.45, 2.75) is 47.1 Å². The number of carbonyl (C=O) groups is 2. The monoisotopic (exact) mass is 345 g/mol. The number of thiophene rings is 1. The molecule has 0 fully saturated rings. The predicted molar refractivity (Wildman–Crippen MR) is 97.9 cm³/mol. The van der Waals surface area contributed by atoms with Crippen molar-refractivity contribution in [3.05, 3.63) is 50.7 Å². The van der Waals surface area contributed by atoms with Crippen molar-refractivity contribution in [2.24, 2.45) is 0 Å². The molecule has 0 saturated heterocycles. The minimum absolute atomic E-state index is 0.332. The zero-order valence-corrected chi connectivity index (χ0v) is 15.5. The molecular formula is C19H23NO3S. The molecule has 2 rings (SSSR count). The maximum absolute atomic E-state index is 12.3. The molecule has 128 valence electrons. The van der Waals surface area contributed by atoms with Crippen molar-refractivity contribution < 1.29 is 14.3 Å². The average Bonchev–Trinajstić information content (AvgIpc) is 2.92. The molecule has 1 amide bonds. The quantitative estimate of drug-likeness (QED) is 0.816. The highest BCUT2D eigenvalue weighted by atomic mass is 32.1. The minimum atomic E-state index is -0.857. The third-order valence-corrected chi connectivity index (χ3v) is 4.98. The van der Waals surface area contributed by atoms with E-state index in [4.69, 9.17) is 4.74 Å². The van der Waals surface area contributed by atoms with Crippen molar-refractivity contribution in [3.63, 3.8) is 0 Å². The molecule has 0 aliphatic heterocycles. The molecule has 0 saturated carbocycles. The van der Waals surface area contributed by atoms with Crippen LogP contribution in [0.25, 0.3) is 0 Å². The van der Waals surface area contributed by atoms with Gasteiger partial charge in [0.2, 0.25) is 0 Å². The van der Waals surface area contributed by atoms with Gasteiger partial charge >= 0.3 is 5.97 Å². The summed E-state index contributed by atoms with van der Waals surface area (Å²) >= 11 is 1.40. The first-order valence-electron chi connectivity index (χ1n) is 8.00. The lowest BCUT2D eigenvalue weighted by Gasteiger charge is -2.14. The number of anilines is 1. The number of benzene rings is 1. The second kappa shape index (κ2) is 7.62. The molecule has 1 aromatic heterocycles. The topological polar surface area (TPSA) is 55.4 Å². The summed E-state index contributed by atoms with van der Waals surface area (Å²) in [5, 5.41) is 2.82. The first kappa shape index (κ1) is 18.2. The Kier molecular flexibility index (Phi) is 5.78. The van der Waals surface area contributed by atoms with Crippen LogP contribution in [-0.2, 0) is 16.0 Å². The molecule has 1 N–H and O–H groups in total. The summed E-state index contributed by atoms with van der Waals surface area (Å²) in [6.45, 7) is 9.50. The van der Waals surface area contributed by atoms with Crippen LogP contribution in [0.5, 0.6) is 0 Å². The number of carbonyl (C=O) groups excluding carboxylic acids is 2. The molecule has 1 aromatic carbocycles. The van der Waals surface area contributed by atoms with E-state index < -0.39 is 12.1 Å². The van der Waals surface area contributed by atoms with Gasteiger partial charge in [0.1, 0.15) is 4.88 Å². The molecule has 2 aromatic rings. The summed E-state index contributed by atoms with van der Waals surface area (Å²) in [6, 6.07) is 7.68. The van der Waals surface area contributed by atoms with Gasteiger partial charge in [-0.3, -0.25) is 4.79 Å². The highest BCUT2D eigenvalue weighted by Crippen LogP contribution is 2.23. The predicted octanol–water partition coefficient (Wildman–Crippen LogP) is 4.42. The molecule has 1 atom stereocenters. The van der Waals surface area contributed by atoms with Gasteiger partial charge in [-0.25, -0.2) is 4.79 Å². The van der Waals surface area contributed by atoms with Gasteiger partial charge in [0, 0.05) is 10.6 Å². The van der Waals surface area contributed by atoms with E-state index in [0.29, 0.717) is 4.88 Å². The number of nitrogens with one attached hydrogen (secondary N) is 1. The molecule has 0 aliphatic rings. The number of hydrogen-bond donors (Lipinski definition) is 1. The normalized spacial score (nSPS) is 11.9. The SMILES string of the molecule is CCc1cc(C(=O)O[C@@H](C)C(=O)Nc2cc(C)ccc2C)sc1C. The molecule has 0 aliphatic carbocycles. The summed E-state index contributed by atoms with van der Waals surface area (Å²) in [4.78, 5) is 26.2. The number of esters is 1. The van der Waals surface area contributed by atoms with E-state index in [9.17, 15) is 9.59 Å². The van der Waals surface area contributed by atoms with Gasteiger partial charge in [0.25, 0.3) is 5.91 Å². The van der Waals surface area contributed by atoms with Gasteiger partial charge in [-0.2, -0.15) is 0 Å². The Bertz CT molecular complexity index is 764. The standard InChI is InChI=1S/C19H23NO3S/c1-6-15-10-17(24-14(15)5)19(22)23-13(4)18(21)20-16-9-11(2)7-8-12(16)3/h7-10,13H,6H2,1-5H3,(H,20,21)/t13-/m0/s1. The maximum atomic E-state index is 12.3. The van der Waals surface area contributed by atoms with Crippen molar-refractivity contribution in [3.8, 4) is 0 Å². The molecule has 24 heavy (non-hydrogen) atoms. The minimum Gasteiger partial charge on any atom is -0.448 e. The molecule has 0 unspecified atom stereocenters. The van der Waals surface area contributed by atoms with Gasteiger partial charge in [-0.1, -0.05) is 19.1 Å². The Morgan fingerprint density at radius 2 is 1.92 bits per heavy atom. The third kappa shape index (κ3) is 4.23. The second-order valence-electron chi connectivity index (χ2n) is 5.90. The third-order valence-electron chi connectivity index (χ3n) is 3.91. The summed E-state index contributed by atoms with van der Waals surface area (Å²) in [6.07, 6.45) is 0.0167. The fraction of sp³-hybridized carbons (Fsp3) is 0.368. The number of amides is 1. The Hall–Kier alpha value is -2.14. The van der Waals surface area contributed by atoms with Gasteiger partial charge in [0.05, 0.1) is 0 Å². The highest BCUT2D eigenvalue weighted by Gasteiger charge is 2.21. The van der Waals surface area contributed by atoms with E-state index in [2.05, 4.69) is 5.32 Å². The number of aryl methyl sites for hydroxylation is 4. The molecule has 1 heterocycles. The van der Waals surface area contributed by atoms with Crippen LogP contribution in [0.2, 0.25) is 0 Å². The van der Waals surface area contributed by atoms with Crippen LogP contribution < -0.4 is 5.32 Å². The summed E-state index contributed by atoms with van der Waals surface area (Å²) in [5.74, 6) is -0.785. The van der Waals surface area contributed by atoms with Gasteiger partial charge in [-0.05, 0) is 62.9 Å². The van der Waals surface area contributed by atoms with Crippen molar-refractivity contribution in [1.29, 1.82) is 0 Å². The first-order chi connectivity index (χ1) is 11.3. The fourth-order valence-corrected chi connectivity index (χ4v) is 3.35. The van der Waals surface area contributed by atoms with Crippen molar-refractivity contribution >= 4 is 28.9 Å². The fourth-order valence-electron chi connectivity index (χ4n) is 2.35. The van der Waals surface area contributed by atoms with Crippen molar-refractivity contribution in [1.82, 2.24) is 0 Å². The molecule has 0 bridgehead atoms. The molecule has 0 spiro atoms. The molecule has 4 nitrogen and oxygen atoms in total. The van der Waals surface area contributed by atoms with Crippen LogP contribution in [0, 0.1) is 20.8 Å². The van der Waals surface area contributed by atoms with Crippen molar-refractivity contribution in [2.75, 3.05) is 5.32 Å². The lowest BCUT2D eigenvalue weighted by molar-refractivity contribution is -0.123. The van der Waals surface area contributed by atoms with Gasteiger partial charge in [-0.15, -0.1) is 11.3 Å². The molecule has 0 radical (unpaired) electrons. The summed E-state index contributed by atoms with van der Waals surface area (Å²) in [7, 11) is 0. The lowest BCUT2D eigenvalue weighted by atomic mass is 10.1. The van der Waals surface area contributed by atoms with Gasteiger partial charge < -0.3 is 10.1 Å². The van der Waals surface area contributed by atoms with E-state index >= 15 is 0 Å². The van der Waals surface area contributed by atoms with E-state index in [0.717, 1.165) is 33.7 Å². The molecule has 5 heteroatoms. The number of hydrogen-bond acceptors (Lipinski definition) is 4. The average molecular weight is 345 g/mol. The van der Waals surface area contributed by atoms with Crippen LogP contribution >= 0.6 is 11.3 Å². The van der Waals surface area contributed by atoms with Crippen LogP contribution in [0.3, 0.4) is 0 Å². The van der Waals surface area contributed by atoms with Crippen LogP contribution in [0.15, 0.2) is 24.3 Å². The lowest BCUT2D eigenvalue weighted by Crippen LogP contribution is -2.30. The largest absolute Gasteiger partial charge is 0.448 e. The molecular weight excluding hydrogens is 322 g/mol. The zero-order chi connectivity index (χ0) is 17.9. The van der Waals surface area contributed by atoms with Gasteiger partial charge in [0.15, 0.2) is 6.10 Å².